The van der Waals surface area contributed by atoms with Gasteiger partial charge in [-0.2, -0.15) is 0 Å². The molecule has 0 radical (unpaired) electrons. The number of aryl methyl sites for hydroxylation is 1. The second-order valence-corrected chi connectivity index (χ2v) is 7.85. The summed E-state index contributed by atoms with van der Waals surface area (Å²) in [5, 5.41) is 5.17. The molecule has 0 fully saturated rings. The molecule has 0 saturated heterocycles. The summed E-state index contributed by atoms with van der Waals surface area (Å²) in [6.07, 6.45) is 9.77. The first-order chi connectivity index (χ1) is 13.6. The predicted octanol–water partition coefficient (Wildman–Crippen LogP) is 4.32. The quantitative estimate of drug-likeness (QED) is 0.692. The van der Waals surface area contributed by atoms with Crippen LogP contribution in [0.5, 0.6) is 0 Å². The number of nitrogens with one attached hydrogen (secondary N) is 1. The standard InChI is InChI=1S/C23H31N3O2/c1-4-14-23(2,25-22(27)19-11-8-15-24-16-19)17-26(28-3)21-13-7-10-18-9-5-6-12-20(18)21/h7-8,10-11,13,15-16H,4-6,9,12,14,17H2,1-3H3,(H,25,27). The molecule has 5 nitrogen and oxygen atoms in total. The Labute approximate surface area is 168 Å². The monoisotopic (exact) mass is 381 g/mol. The molecule has 1 aromatic heterocycles. The number of nitrogens with zero attached hydrogens (tertiary/aromatic N) is 2. The van der Waals surface area contributed by atoms with E-state index in [1.165, 1.54) is 24.0 Å². The molecule has 0 aliphatic heterocycles. The second-order valence-electron chi connectivity index (χ2n) is 7.85. The summed E-state index contributed by atoms with van der Waals surface area (Å²) in [7, 11) is 1.71. The van der Waals surface area contributed by atoms with Crippen LogP contribution in [0.25, 0.3) is 0 Å². The van der Waals surface area contributed by atoms with Gasteiger partial charge in [-0.15, -0.1) is 0 Å². The van der Waals surface area contributed by atoms with Gasteiger partial charge in [0.1, 0.15) is 0 Å². The van der Waals surface area contributed by atoms with Gasteiger partial charge in [0.25, 0.3) is 5.91 Å². The molecule has 150 valence electrons. The van der Waals surface area contributed by atoms with Gasteiger partial charge in [-0.1, -0.05) is 25.5 Å². The molecule has 1 unspecified atom stereocenters. The van der Waals surface area contributed by atoms with Crippen LogP contribution in [0.2, 0.25) is 0 Å². The minimum atomic E-state index is -0.422. The topological polar surface area (TPSA) is 54.5 Å². The minimum absolute atomic E-state index is 0.102. The van der Waals surface area contributed by atoms with Crippen LogP contribution in [-0.2, 0) is 17.7 Å². The SMILES string of the molecule is CCCC(C)(CN(OC)c1cccc2c1CCCC2)NC(=O)c1cccnc1. The fraction of sp³-hybridized carbons (Fsp3) is 0.478. The summed E-state index contributed by atoms with van der Waals surface area (Å²) in [5.41, 5.74) is 4.08. The summed E-state index contributed by atoms with van der Waals surface area (Å²) in [5.74, 6) is -0.102. The number of anilines is 1. The van der Waals surface area contributed by atoms with Crippen molar-refractivity contribution in [1.82, 2.24) is 10.3 Å². The highest BCUT2D eigenvalue weighted by Crippen LogP contribution is 2.32. The van der Waals surface area contributed by atoms with Gasteiger partial charge < -0.3 is 5.32 Å². The van der Waals surface area contributed by atoms with Crippen LogP contribution in [0.1, 0.15) is 61.0 Å². The van der Waals surface area contributed by atoms with Crippen LogP contribution in [0.4, 0.5) is 5.69 Å². The Bertz CT molecular complexity index is 794. The molecule has 5 heteroatoms. The Morgan fingerprint density at radius 1 is 1.25 bits per heavy atom. The van der Waals surface area contributed by atoms with Crippen molar-refractivity contribution in [3.63, 3.8) is 0 Å². The van der Waals surface area contributed by atoms with Gasteiger partial charge in [-0.05, 0) is 68.4 Å². The van der Waals surface area contributed by atoms with Crippen LogP contribution in [-0.4, -0.2) is 30.1 Å². The zero-order valence-corrected chi connectivity index (χ0v) is 17.2. The van der Waals surface area contributed by atoms with Crippen LogP contribution in [0.15, 0.2) is 42.7 Å². The first-order valence-electron chi connectivity index (χ1n) is 10.2. The van der Waals surface area contributed by atoms with Crippen molar-refractivity contribution < 1.29 is 9.63 Å². The summed E-state index contributed by atoms with van der Waals surface area (Å²) in [4.78, 5) is 22.6. The molecule has 1 atom stereocenters. The van der Waals surface area contributed by atoms with E-state index >= 15 is 0 Å². The number of carbonyl (C=O) groups excluding carboxylic acids is 1. The number of aromatic nitrogens is 1. The molecule has 3 rings (SSSR count). The number of benzene rings is 1. The maximum absolute atomic E-state index is 12.8. The maximum atomic E-state index is 12.8. The molecule has 1 N–H and O–H groups in total. The largest absolute Gasteiger partial charge is 0.345 e. The van der Waals surface area contributed by atoms with Gasteiger partial charge in [0, 0.05) is 12.4 Å². The van der Waals surface area contributed by atoms with Crippen molar-refractivity contribution in [1.29, 1.82) is 0 Å². The molecule has 28 heavy (non-hydrogen) atoms. The average molecular weight is 382 g/mol. The minimum Gasteiger partial charge on any atom is -0.345 e. The van der Waals surface area contributed by atoms with Crippen molar-refractivity contribution in [3.05, 3.63) is 59.4 Å². The molecular weight excluding hydrogens is 350 g/mol. The highest BCUT2D eigenvalue weighted by atomic mass is 16.7. The summed E-state index contributed by atoms with van der Waals surface area (Å²) in [6.45, 7) is 4.81. The van der Waals surface area contributed by atoms with Crippen molar-refractivity contribution in [3.8, 4) is 0 Å². The number of hydrogen-bond acceptors (Lipinski definition) is 4. The number of carbonyl (C=O) groups is 1. The highest BCUT2D eigenvalue weighted by molar-refractivity contribution is 5.94. The van der Waals surface area contributed by atoms with E-state index in [1.54, 1.807) is 31.6 Å². The third-order valence-corrected chi connectivity index (χ3v) is 5.49. The lowest BCUT2D eigenvalue weighted by atomic mass is 9.89. The summed E-state index contributed by atoms with van der Waals surface area (Å²) >= 11 is 0. The Hall–Kier alpha value is -2.40. The fourth-order valence-corrected chi connectivity index (χ4v) is 4.14. The van der Waals surface area contributed by atoms with E-state index in [-0.39, 0.29) is 5.91 Å². The molecule has 1 aliphatic carbocycles. The maximum Gasteiger partial charge on any atom is 0.253 e. The molecule has 1 heterocycles. The molecule has 0 bridgehead atoms. The zero-order valence-electron chi connectivity index (χ0n) is 17.2. The number of fused-ring (bicyclic) bond motifs is 1. The summed E-state index contributed by atoms with van der Waals surface area (Å²) < 4.78 is 0. The van der Waals surface area contributed by atoms with E-state index in [1.807, 2.05) is 5.06 Å². The second kappa shape index (κ2) is 9.20. The lowest BCUT2D eigenvalue weighted by Gasteiger charge is -2.37. The highest BCUT2D eigenvalue weighted by Gasteiger charge is 2.30. The molecule has 1 amide bonds. The van der Waals surface area contributed by atoms with Crippen molar-refractivity contribution in [2.24, 2.45) is 0 Å². The van der Waals surface area contributed by atoms with Crippen LogP contribution in [0, 0.1) is 0 Å². The number of rotatable bonds is 8. The first kappa shape index (κ1) is 20.3. The smallest absolute Gasteiger partial charge is 0.253 e. The molecule has 0 saturated carbocycles. The van der Waals surface area contributed by atoms with Gasteiger partial charge in [-0.25, -0.2) is 0 Å². The van der Waals surface area contributed by atoms with Gasteiger partial charge in [0.15, 0.2) is 0 Å². The van der Waals surface area contributed by atoms with Crippen LogP contribution in [0.3, 0.4) is 0 Å². The lowest BCUT2D eigenvalue weighted by molar-refractivity contribution is 0.0868. The van der Waals surface area contributed by atoms with Crippen molar-refractivity contribution >= 4 is 11.6 Å². The Morgan fingerprint density at radius 3 is 2.79 bits per heavy atom. The fourth-order valence-electron chi connectivity index (χ4n) is 4.14. The van der Waals surface area contributed by atoms with E-state index in [0.29, 0.717) is 12.1 Å². The number of amides is 1. The van der Waals surface area contributed by atoms with Crippen molar-refractivity contribution in [2.75, 3.05) is 18.7 Å². The summed E-state index contributed by atoms with van der Waals surface area (Å²) in [6, 6.07) is 10.0. The Balaban J connectivity index is 1.83. The lowest BCUT2D eigenvalue weighted by Crippen LogP contribution is -2.53. The zero-order chi connectivity index (χ0) is 20.0. The molecular formula is C23H31N3O2. The normalized spacial score (nSPS) is 15.4. The molecule has 0 spiro atoms. The first-order valence-corrected chi connectivity index (χ1v) is 10.2. The number of hydroxylamine groups is 1. The average Bonchev–Trinajstić information content (AvgIpc) is 2.72. The van der Waals surface area contributed by atoms with Crippen LogP contribution < -0.4 is 10.4 Å². The van der Waals surface area contributed by atoms with E-state index in [4.69, 9.17) is 4.84 Å². The van der Waals surface area contributed by atoms with Gasteiger partial charge in [0.2, 0.25) is 0 Å². The Morgan fingerprint density at radius 2 is 2.07 bits per heavy atom. The van der Waals surface area contributed by atoms with E-state index in [0.717, 1.165) is 31.4 Å². The molecule has 1 aromatic carbocycles. The third-order valence-electron chi connectivity index (χ3n) is 5.49. The van der Waals surface area contributed by atoms with Gasteiger partial charge in [-0.3, -0.25) is 19.7 Å². The van der Waals surface area contributed by atoms with E-state index in [2.05, 4.69) is 42.3 Å². The van der Waals surface area contributed by atoms with Crippen LogP contribution >= 0.6 is 0 Å². The van der Waals surface area contributed by atoms with Crippen molar-refractivity contribution in [2.45, 2.75) is 57.9 Å². The van der Waals surface area contributed by atoms with Gasteiger partial charge >= 0.3 is 0 Å². The van der Waals surface area contributed by atoms with E-state index < -0.39 is 5.54 Å². The Kier molecular flexibility index (Phi) is 6.68. The number of hydrogen-bond donors (Lipinski definition) is 1. The molecule has 2 aromatic rings. The van der Waals surface area contributed by atoms with Gasteiger partial charge in [0.05, 0.1) is 30.4 Å². The third kappa shape index (κ3) is 4.71. The van der Waals surface area contributed by atoms with E-state index in [9.17, 15) is 4.79 Å². The predicted molar refractivity (Wildman–Crippen MR) is 112 cm³/mol. The molecule has 1 aliphatic rings. The number of pyridine rings is 1.